The van der Waals surface area contributed by atoms with Crippen molar-refractivity contribution in [1.29, 1.82) is 0 Å². The number of amides is 1. The summed E-state index contributed by atoms with van der Waals surface area (Å²) in [5.41, 5.74) is 8.28. The lowest BCUT2D eigenvalue weighted by Gasteiger charge is -2.15. The van der Waals surface area contributed by atoms with Crippen LogP contribution in [-0.4, -0.2) is 25.4 Å². The number of benzene rings is 2. The van der Waals surface area contributed by atoms with Crippen molar-refractivity contribution in [3.8, 4) is 11.4 Å². The molecule has 3 aromatic heterocycles. The lowest BCUT2D eigenvalue weighted by Crippen LogP contribution is -2.34. The minimum atomic E-state index is -0.379. The number of pyridine rings is 2. The minimum Gasteiger partial charge on any atom is -0.277 e. The van der Waals surface area contributed by atoms with E-state index in [1.54, 1.807) is 30.5 Å². The van der Waals surface area contributed by atoms with E-state index in [9.17, 15) is 9.59 Å². The van der Waals surface area contributed by atoms with Crippen LogP contribution in [0.15, 0.2) is 83.8 Å². The molecular formula is C25H20N6O2. The van der Waals surface area contributed by atoms with Crippen LogP contribution in [0.5, 0.6) is 0 Å². The maximum atomic E-state index is 13.2. The Bertz CT molecular complexity index is 1550. The molecule has 0 saturated carbocycles. The lowest BCUT2D eigenvalue weighted by atomic mass is 10.1. The minimum absolute atomic E-state index is 0.174. The molecule has 2 aromatic carbocycles. The number of carbonyl (C=O) groups excluding carboxylic acids is 1. The predicted molar refractivity (Wildman–Crippen MR) is 128 cm³/mol. The molecule has 8 heteroatoms. The summed E-state index contributed by atoms with van der Waals surface area (Å²) < 4.78 is 1.48. The van der Waals surface area contributed by atoms with E-state index < -0.39 is 0 Å². The Labute approximate surface area is 188 Å². The summed E-state index contributed by atoms with van der Waals surface area (Å²) >= 11 is 0. The van der Waals surface area contributed by atoms with E-state index in [0.29, 0.717) is 45.3 Å². The molecule has 0 fully saturated rings. The van der Waals surface area contributed by atoms with E-state index in [1.165, 1.54) is 4.57 Å². The topological polar surface area (TPSA) is 102 Å². The smallest absolute Gasteiger partial charge is 0.270 e. The molecule has 33 heavy (non-hydrogen) atoms. The Morgan fingerprint density at radius 2 is 1.58 bits per heavy atom. The Hall–Kier alpha value is -4.59. The molecule has 2 N–H and O–H groups in total. The van der Waals surface area contributed by atoms with Gasteiger partial charge in [0.15, 0.2) is 0 Å². The maximum Gasteiger partial charge on any atom is 0.270 e. The Balaban J connectivity index is 1.52. The molecule has 0 spiro atoms. The molecule has 0 aliphatic heterocycles. The summed E-state index contributed by atoms with van der Waals surface area (Å²) in [5.74, 6) is -0.117. The quantitative estimate of drug-likeness (QED) is 0.407. The van der Waals surface area contributed by atoms with Crippen molar-refractivity contribution in [2.24, 2.45) is 0 Å². The third kappa shape index (κ3) is 3.78. The number of para-hydroxylation sites is 2. The van der Waals surface area contributed by atoms with Crippen LogP contribution < -0.4 is 16.4 Å². The SMILES string of the molecule is CCn1c(NNC(=O)c2cc(-c3ccccn3)nc3ccccc23)nc2ccccc2c1=O. The third-order valence-corrected chi connectivity index (χ3v) is 5.35. The molecule has 8 nitrogen and oxygen atoms in total. The standard InChI is InChI=1S/C25H20N6O2/c1-2-31-24(33)17-10-4-6-12-20(17)28-25(31)30-29-23(32)18-15-22(21-13-7-8-14-26-21)27-19-11-5-3-9-16(18)19/h3-15H,2H2,1H3,(H,28,30)(H,29,32). The van der Waals surface area contributed by atoms with Crippen LogP contribution in [0.2, 0.25) is 0 Å². The molecule has 0 atom stereocenters. The number of hydrazine groups is 1. The van der Waals surface area contributed by atoms with Crippen LogP contribution in [-0.2, 0) is 6.54 Å². The van der Waals surface area contributed by atoms with E-state index in [1.807, 2.05) is 55.5 Å². The van der Waals surface area contributed by atoms with E-state index in [0.717, 1.165) is 0 Å². The third-order valence-electron chi connectivity index (χ3n) is 5.35. The first-order valence-electron chi connectivity index (χ1n) is 10.5. The average molecular weight is 436 g/mol. The van der Waals surface area contributed by atoms with Gasteiger partial charge in [-0.25, -0.2) is 9.97 Å². The number of fused-ring (bicyclic) bond motifs is 2. The van der Waals surface area contributed by atoms with Crippen molar-refractivity contribution in [3.63, 3.8) is 0 Å². The van der Waals surface area contributed by atoms with Gasteiger partial charge in [-0.2, -0.15) is 0 Å². The van der Waals surface area contributed by atoms with Crippen molar-refractivity contribution in [1.82, 2.24) is 24.9 Å². The summed E-state index contributed by atoms with van der Waals surface area (Å²) in [6.07, 6.45) is 1.68. The summed E-state index contributed by atoms with van der Waals surface area (Å²) in [6.45, 7) is 2.25. The second-order valence-electron chi connectivity index (χ2n) is 7.37. The number of nitrogens with one attached hydrogen (secondary N) is 2. The number of hydrogen-bond donors (Lipinski definition) is 2. The number of aromatic nitrogens is 4. The van der Waals surface area contributed by atoms with Crippen molar-refractivity contribution in [2.45, 2.75) is 13.5 Å². The van der Waals surface area contributed by atoms with E-state index in [2.05, 4.69) is 25.8 Å². The molecule has 162 valence electrons. The van der Waals surface area contributed by atoms with Crippen LogP contribution in [0.3, 0.4) is 0 Å². The number of carbonyl (C=O) groups is 1. The monoisotopic (exact) mass is 436 g/mol. The van der Waals surface area contributed by atoms with Crippen molar-refractivity contribution >= 4 is 33.7 Å². The van der Waals surface area contributed by atoms with Gasteiger partial charge in [0.05, 0.1) is 33.4 Å². The molecule has 0 radical (unpaired) electrons. The molecule has 0 aliphatic carbocycles. The van der Waals surface area contributed by atoms with Crippen LogP contribution in [0.1, 0.15) is 17.3 Å². The lowest BCUT2D eigenvalue weighted by molar-refractivity contribution is 0.0963. The molecule has 0 aliphatic rings. The second kappa shape index (κ2) is 8.51. The first-order valence-corrected chi connectivity index (χ1v) is 10.5. The molecule has 5 aromatic rings. The Morgan fingerprint density at radius 1 is 0.879 bits per heavy atom. The predicted octanol–water partition coefficient (Wildman–Crippen LogP) is 3.78. The van der Waals surface area contributed by atoms with Gasteiger partial charge in [0.1, 0.15) is 0 Å². The molecule has 5 rings (SSSR count). The normalized spacial score (nSPS) is 10.9. The second-order valence-corrected chi connectivity index (χ2v) is 7.37. The average Bonchev–Trinajstić information content (AvgIpc) is 2.87. The first kappa shape index (κ1) is 20.3. The van der Waals surface area contributed by atoms with Gasteiger partial charge in [-0.05, 0) is 43.3 Å². The summed E-state index contributed by atoms with van der Waals surface area (Å²) in [5, 5.41) is 1.23. The highest BCUT2D eigenvalue weighted by atomic mass is 16.2. The highest BCUT2D eigenvalue weighted by Crippen LogP contribution is 2.23. The van der Waals surface area contributed by atoms with Crippen molar-refractivity contribution in [3.05, 3.63) is 94.9 Å². The van der Waals surface area contributed by atoms with Gasteiger partial charge >= 0.3 is 0 Å². The van der Waals surface area contributed by atoms with Crippen LogP contribution in [0, 0.1) is 0 Å². The molecule has 0 unspecified atom stereocenters. The highest BCUT2D eigenvalue weighted by Gasteiger charge is 2.16. The van der Waals surface area contributed by atoms with Gasteiger partial charge < -0.3 is 0 Å². The first-order chi connectivity index (χ1) is 16.2. The zero-order valence-electron chi connectivity index (χ0n) is 17.8. The van der Waals surface area contributed by atoms with Crippen molar-refractivity contribution < 1.29 is 4.79 Å². The molecule has 1 amide bonds. The largest absolute Gasteiger partial charge is 0.277 e. The number of hydrogen-bond acceptors (Lipinski definition) is 6. The van der Waals surface area contributed by atoms with E-state index in [4.69, 9.17) is 0 Å². The summed E-state index contributed by atoms with van der Waals surface area (Å²) in [4.78, 5) is 39.6. The molecule has 0 saturated heterocycles. The highest BCUT2D eigenvalue weighted by molar-refractivity contribution is 6.07. The Morgan fingerprint density at radius 3 is 2.30 bits per heavy atom. The van der Waals surface area contributed by atoms with Crippen LogP contribution in [0.25, 0.3) is 33.2 Å². The van der Waals surface area contributed by atoms with Gasteiger partial charge in [-0.15, -0.1) is 0 Å². The molecular weight excluding hydrogens is 416 g/mol. The zero-order valence-corrected chi connectivity index (χ0v) is 17.8. The van der Waals surface area contributed by atoms with E-state index in [-0.39, 0.29) is 17.4 Å². The summed E-state index contributed by atoms with van der Waals surface area (Å²) in [7, 11) is 0. The zero-order chi connectivity index (χ0) is 22.8. The van der Waals surface area contributed by atoms with Gasteiger partial charge in [0.2, 0.25) is 5.95 Å². The van der Waals surface area contributed by atoms with Crippen LogP contribution >= 0.6 is 0 Å². The van der Waals surface area contributed by atoms with Gasteiger partial charge in [0.25, 0.3) is 11.5 Å². The van der Waals surface area contributed by atoms with E-state index >= 15 is 0 Å². The van der Waals surface area contributed by atoms with Crippen molar-refractivity contribution in [2.75, 3.05) is 5.43 Å². The molecule has 0 bridgehead atoms. The Kier molecular flexibility index (Phi) is 5.24. The molecule has 3 heterocycles. The number of anilines is 1. The van der Waals surface area contributed by atoms with Gasteiger partial charge in [-0.1, -0.05) is 36.4 Å². The van der Waals surface area contributed by atoms with Crippen LogP contribution in [0.4, 0.5) is 5.95 Å². The maximum absolute atomic E-state index is 13.2. The fourth-order valence-corrected chi connectivity index (χ4v) is 3.75. The van der Waals surface area contributed by atoms with Gasteiger partial charge in [0, 0.05) is 18.1 Å². The number of rotatable bonds is 5. The summed E-state index contributed by atoms with van der Waals surface area (Å²) in [6, 6.07) is 21.8. The number of nitrogens with zero attached hydrogens (tertiary/aromatic N) is 4. The fraction of sp³-hybridized carbons (Fsp3) is 0.0800. The van der Waals surface area contributed by atoms with Gasteiger partial charge in [-0.3, -0.25) is 30.0 Å². The fourth-order valence-electron chi connectivity index (χ4n) is 3.75.